The molecule has 0 aliphatic carbocycles. The third-order valence-electron chi connectivity index (χ3n) is 2.80. The fraction of sp³-hybridized carbons (Fsp3) is 0.286. The molecule has 0 spiro atoms. The standard InChI is InChI=1S/C13H12F3N3O2.CH4O3S/c14-13(15,16)9-3-1-2-7-6-8(4-5-21-10(7)9)11(20)19-12(17)18;1-5(2,3)4/h1-3,6H,4-5H2,(H4,17,18,19,20);1H3,(H,2,3,4). The van der Waals surface area contributed by atoms with Gasteiger partial charge in [-0.2, -0.15) is 26.6 Å². The number of ether oxygens (including phenoxy) is 1. The summed E-state index contributed by atoms with van der Waals surface area (Å²) >= 11 is 0. The van der Waals surface area contributed by atoms with E-state index >= 15 is 0 Å². The summed E-state index contributed by atoms with van der Waals surface area (Å²) in [6, 6.07) is 3.60. The Morgan fingerprint density at radius 1 is 1.31 bits per heavy atom. The molecule has 26 heavy (non-hydrogen) atoms. The van der Waals surface area contributed by atoms with Crippen molar-refractivity contribution >= 4 is 28.1 Å². The lowest BCUT2D eigenvalue weighted by atomic mass is 10.0. The monoisotopic (exact) mass is 395 g/mol. The Kier molecular flexibility index (Phi) is 6.75. The Balaban J connectivity index is 0.000000597. The largest absolute Gasteiger partial charge is 0.492 e. The average Bonchev–Trinajstić information content (AvgIpc) is 2.65. The predicted octanol–water partition coefficient (Wildman–Crippen LogP) is 1.18. The van der Waals surface area contributed by atoms with Gasteiger partial charge >= 0.3 is 6.18 Å². The molecular weight excluding hydrogens is 379 g/mol. The van der Waals surface area contributed by atoms with Gasteiger partial charge < -0.3 is 16.2 Å². The molecule has 0 fully saturated rings. The molecule has 0 saturated carbocycles. The van der Waals surface area contributed by atoms with E-state index in [1.54, 1.807) is 0 Å². The van der Waals surface area contributed by atoms with E-state index in [-0.39, 0.29) is 29.9 Å². The number of fused-ring (bicyclic) bond motifs is 1. The van der Waals surface area contributed by atoms with Crippen molar-refractivity contribution in [1.82, 2.24) is 0 Å². The highest BCUT2D eigenvalue weighted by Crippen LogP contribution is 2.40. The Morgan fingerprint density at radius 2 is 1.88 bits per heavy atom. The minimum absolute atomic E-state index is 0.0718. The summed E-state index contributed by atoms with van der Waals surface area (Å²) in [6.07, 6.45) is -2.39. The third kappa shape index (κ3) is 7.11. The van der Waals surface area contributed by atoms with E-state index in [9.17, 15) is 26.4 Å². The number of nitrogens with zero attached hydrogens (tertiary/aromatic N) is 1. The minimum Gasteiger partial charge on any atom is -0.492 e. The van der Waals surface area contributed by atoms with Crippen molar-refractivity contribution in [2.45, 2.75) is 12.6 Å². The SMILES string of the molecule is CS(=O)(=O)O.NC(N)=NC(=O)C1=Cc2cccc(C(F)(F)F)c2OCC1. The summed E-state index contributed by atoms with van der Waals surface area (Å²) < 4.78 is 69.8. The number of aliphatic imine (C=N–C) groups is 1. The number of hydrogen-bond acceptors (Lipinski definition) is 4. The van der Waals surface area contributed by atoms with Crippen LogP contribution < -0.4 is 16.2 Å². The maximum absolute atomic E-state index is 12.9. The number of guanidine groups is 1. The number of benzene rings is 1. The predicted molar refractivity (Wildman–Crippen MR) is 87.8 cm³/mol. The normalized spacial score (nSPS) is 13.8. The van der Waals surface area contributed by atoms with Crippen LogP contribution in [0.1, 0.15) is 17.5 Å². The first-order valence-electron chi connectivity index (χ1n) is 6.89. The zero-order chi connectivity index (χ0) is 20.1. The van der Waals surface area contributed by atoms with Gasteiger partial charge in [0.25, 0.3) is 16.0 Å². The maximum atomic E-state index is 12.9. The molecule has 12 heteroatoms. The molecule has 0 unspecified atom stereocenters. The van der Waals surface area contributed by atoms with E-state index in [1.807, 2.05) is 0 Å². The van der Waals surface area contributed by atoms with E-state index < -0.39 is 33.7 Å². The van der Waals surface area contributed by atoms with Crippen LogP contribution >= 0.6 is 0 Å². The molecule has 0 bridgehead atoms. The molecule has 5 N–H and O–H groups in total. The van der Waals surface area contributed by atoms with Crippen molar-refractivity contribution in [2.75, 3.05) is 12.9 Å². The zero-order valence-corrected chi connectivity index (χ0v) is 14.3. The smallest absolute Gasteiger partial charge is 0.419 e. The lowest BCUT2D eigenvalue weighted by molar-refractivity contribution is -0.139. The van der Waals surface area contributed by atoms with Gasteiger partial charge in [-0.3, -0.25) is 9.35 Å². The van der Waals surface area contributed by atoms with Crippen molar-refractivity contribution < 1.29 is 35.7 Å². The molecule has 0 saturated heterocycles. The van der Waals surface area contributed by atoms with E-state index in [2.05, 4.69) is 4.99 Å². The number of amides is 1. The zero-order valence-electron chi connectivity index (χ0n) is 13.4. The van der Waals surface area contributed by atoms with Gasteiger partial charge in [0.05, 0.1) is 18.4 Å². The summed E-state index contributed by atoms with van der Waals surface area (Å²) in [4.78, 5) is 15.1. The Morgan fingerprint density at radius 3 is 2.38 bits per heavy atom. The molecule has 0 atom stereocenters. The van der Waals surface area contributed by atoms with Crippen LogP contribution in [0.15, 0.2) is 28.8 Å². The molecule has 2 rings (SSSR count). The fourth-order valence-electron chi connectivity index (χ4n) is 1.93. The molecular formula is C14H16F3N3O5S. The van der Waals surface area contributed by atoms with Crippen molar-refractivity contribution in [3.8, 4) is 5.75 Å². The molecule has 1 aliphatic heterocycles. The second-order valence-corrected chi connectivity index (χ2v) is 6.53. The van der Waals surface area contributed by atoms with Crippen LogP contribution in [-0.2, 0) is 21.1 Å². The van der Waals surface area contributed by atoms with Gasteiger partial charge in [0, 0.05) is 17.6 Å². The summed E-state index contributed by atoms with van der Waals surface area (Å²) in [7, 11) is -3.67. The van der Waals surface area contributed by atoms with E-state index in [1.165, 1.54) is 18.2 Å². The van der Waals surface area contributed by atoms with Gasteiger partial charge in [0.15, 0.2) is 5.96 Å². The lowest BCUT2D eigenvalue weighted by Crippen LogP contribution is -2.24. The first-order valence-corrected chi connectivity index (χ1v) is 8.74. The topological polar surface area (TPSA) is 145 Å². The van der Waals surface area contributed by atoms with Gasteiger partial charge in [0.2, 0.25) is 0 Å². The number of nitrogens with two attached hydrogens (primary N) is 2. The van der Waals surface area contributed by atoms with Crippen LogP contribution in [0.4, 0.5) is 13.2 Å². The molecule has 1 aromatic rings. The number of rotatable bonds is 1. The number of hydrogen-bond donors (Lipinski definition) is 3. The van der Waals surface area contributed by atoms with Crippen LogP contribution in [0.3, 0.4) is 0 Å². The van der Waals surface area contributed by atoms with Crippen LogP contribution in [0.2, 0.25) is 0 Å². The van der Waals surface area contributed by atoms with Gasteiger partial charge in [-0.1, -0.05) is 12.1 Å². The Labute approximate surface area is 147 Å². The summed E-state index contributed by atoms with van der Waals surface area (Å²) in [5, 5.41) is 0. The molecule has 0 aromatic heterocycles. The second kappa shape index (κ2) is 8.19. The van der Waals surface area contributed by atoms with Gasteiger partial charge in [-0.15, -0.1) is 0 Å². The number of halogens is 3. The molecule has 1 amide bonds. The van der Waals surface area contributed by atoms with Gasteiger partial charge in [-0.05, 0) is 12.1 Å². The molecule has 144 valence electrons. The first-order chi connectivity index (χ1) is 11.8. The lowest BCUT2D eigenvalue weighted by Gasteiger charge is -2.14. The third-order valence-corrected chi connectivity index (χ3v) is 2.80. The van der Waals surface area contributed by atoms with Crippen molar-refractivity contribution in [1.29, 1.82) is 0 Å². The quantitative estimate of drug-likeness (QED) is 0.368. The Bertz CT molecular complexity index is 836. The number of alkyl halides is 3. The molecule has 8 nitrogen and oxygen atoms in total. The van der Waals surface area contributed by atoms with Crippen molar-refractivity contribution in [2.24, 2.45) is 16.5 Å². The number of carbonyl (C=O) groups is 1. The average molecular weight is 395 g/mol. The Hall–Kier alpha value is -2.60. The van der Waals surface area contributed by atoms with E-state index in [4.69, 9.17) is 20.8 Å². The van der Waals surface area contributed by atoms with E-state index in [0.717, 1.165) is 6.07 Å². The van der Waals surface area contributed by atoms with Crippen LogP contribution in [0, 0.1) is 0 Å². The summed E-state index contributed by atoms with van der Waals surface area (Å²) in [6.45, 7) is -0.0718. The summed E-state index contributed by atoms with van der Waals surface area (Å²) in [5.74, 6) is -1.39. The highest BCUT2D eigenvalue weighted by molar-refractivity contribution is 7.85. The molecule has 1 aliphatic rings. The highest BCUT2D eigenvalue weighted by Gasteiger charge is 2.35. The summed E-state index contributed by atoms with van der Waals surface area (Å²) in [5.41, 5.74) is 9.69. The molecule has 1 aromatic carbocycles. The molecule has 0 radical (unpaired) electrons. The van der Waals surface area contributed by atoms with Crippen LogP contribution in [-0.4, -0.2) is 37.7 Å². The van der Waals surface area contributed by atoms with Gasteiger partial charge in [0.1, 0.15) is 5.75 Å². The number of para-hydroxylation sites is 1. The number of carbonyl (C=O) groups excluding carboxylic acids is 1. The maximum Gasteiger partial charge on any atom is 0.419 e. The highest BCUT2D eigenvalue weighted by atomic mass is 32.2. The van der Waals surface area contributed by atoms with Crippen LogP contribution in [0.25, 0.3) is 6.08 Å². The first kappa shape index (κ1) is 21.4. The van der Waals surface area contributed by atoms with Gasteiger partial charge in [-0.25, -0.2) is 0 Å². The second-order valence-electron chi connectivity index (χ2n) is 5.06. The van der Waals surface area contributed by atoms with Crippen molar-refractivity contribution in [3.63, 3.8) is 0 Å². The molecule has 1 heterocycles. The van der Waals surface area contributed by atoms with E-state index in [0.29, 0.717) is 6.26 Å². The van der Waals surface area contributed by atoms with Crippen molar-refractivity contribution in [3.05, 3.63) is 34.9 Å². The fourth-order valence-corrected chi connectivity index (χ4v) is 1.93. The van der Waals surface area contributed by atoms with Crippen LogP contribution in [0.5, 0.6) is 5.75 Å². The minimum atomic E-state index is -4.53.